The lowest BCUT2D eigenvalue weighted by atomic mass is 10.1. The number of imide groups is 2. The highest BCUT2D eigenvalue weighted by molar-refractivity contribution is 6.13. The molecule has 0 spiro atoms. The van der Waals surface area contributed by atoms with E-state index in [4.69, 9.17) is 4.74 Å². The summed E-state index contributed by atoms with van der Waals surface area (Å²) in [5, 5.41) is 12.8. The minimum absolute atomic E-state index is 0.0314. The van der Waals surface area contributed by atoms with E-state index >= 15 is 0 Å². The number of nitrogens with one attached hydrogen (secondary N) is 5. The lowest BCUT2D eigenvalue weighted by molar-refractivity contribution is -0.139. The summed E-state index contributed by atoms with van der Waals surface area (Å²) in [7, 11) is 0. The van der Waals surface area contributed by atoms with Gasteiger partial charge in [-0.05, 0) is 20.8 Å². The molecule has 2 rings (SSSR count). The Morgan fingerprint density at radius 2 is 1.11 bits per heavy atom. The third-order valence-electron chi connectivity index (χ3n) is 6.45. The van der Waals surface area contributed by atoms with Crippen LogP contribution in [0.2, 0.25) is 0 Å². The summed E-state index contributed by atoms with van der Waals surface area (Å²) in [6, 6.07) is -0.943. The largest absolute Gasteiger partial charge is 0.369 e. The molecule has 3 unspecified atom stereocenters. The normalized spacial score (nSPS) is 16.0. The van der Waals surface area contributed by atoms with Gasteiger partial charge in [0, 0.05) is 88.8 Å². The van der Waals surface area contributed by atoms with Crippen LogP contribution < -0.4 is 26.6 Å². The predicted octanol–water partition coefficient (Wildman–Crippen LogP) is -2.88. The molecule has 45 heavy (non-hydrogen) atoms. The van der Waals surface area contributed by atoms with E-state index in [1.165, 1.54) is 13.8 Å². The molecule has 0 aliphatic carbocycles. The Labute approximate surface area is 259 Å². The maximum absolute atomic E-state index is 12.7. The fourth-order valence-electron chi connectivity index (χ4n) is 4.21. The first-order valence-corrected chi connectivity index (χ1v) is 14.4. The first-order chi connectivity index (χ1) is 21.3. The van der Waals surface area contributed by atoms with Crippen molar-refractivity contribution in [2.24, 2.45) is 0 Å². The number of hydrogen-bond acceptors (Lipinski definition) is 10. The van der Waals surface area contributed by atoms with Crippen molar-refractivity contribution in [3.63, 3.8) is 0 Å². The maximum Gasteiger partial charge on any atom is 0.253 e. The van der Waals surface area contributed by atoms with Crippen LogP contribution in [0.5, 0.6) is 0 Å². The van der Waals surface area contributed by atoms with Crippen LogP contribution in [0.4, 0.5) is 0 Å². The number of carbonyl (C=O) groups is 9. The van der Waals surface area contributed by atoms with Crippen molar-refractivity contribution in [1.29, 1.82) is 0 Å². The lowest BCUT2D eigenvalue weighted by Gasteiger charge is -2.22. The van der Waals surface area contributed by atoms with Gasteiger partial charge in [0.05, 0.1) is 6.17 Å². The minimum atomic E-state index is -0.943. The fourth-order valence-corrected chi connectivity index (χ4v) is 4.21. The van der Waals surface area contributed by atoms with E-state index in [1.54, 1.807) is 6.92 Å². The molecule has 17 nitrogen and oxygen atoms in total. The second-order valence-electron chi connectivity index (χ2n) is 10.1. The molecule has 9 amide bonds. The Kier molecular flexibility index (Phi) is 14.5. The monoisotopic (exact) mass is 633 g/mol. The van der Waals surface area contributed by atoms with Crippen molar-refractivity contribution in [1.82, 2.24) is 36.4 Å². The van der Waals surface area contributed by atoms with Crippen LogP contribution in [0.1, 0.15) is 46.5 Å². The highest BCUT2D eigenvalue weighted by Gasteiger charge is 2.26. The van der Waals surface area contributed by atoms with Crippen molar-refractivity contribution < 1.29 is 47.9 Å². The molecule has 3 atom stereocenters. The van der Waals surface area contributed by atoms with Crippen LogP contribution in [0, 0.1) is 0 Å². The smallest absolute Gasteiger partial charge is 0.253 e. The van der Waals surface area contributed by atoms with E-state index in [9.17, 15) is 43.2 Å². The van der Waals surface area contributed by atoms with Gasteiger partial charge in [-0.25, -0.2) is 0 Å². The van der Waals surface area contributed by atoms with Crippen LogP contribution in [-0.4, -0.2) is 114 Å². The molecule has 0 saturated carbocycles. The molecule has 2 heterocycles. The molecule has 0 radical (unpaired) electrons. The van der Waals surface area contributed by atoms with Crippen LogP contribution in [0.3, 0.4) is 0 Å². The maximum atomic E-state index is 12.7. The fraction of sp³-hybridized carbons (Fsp3) is 0.536. The van der Waals surface area contributed by atoms with Gasteiger partial charge in [-0.15, -0.1) is 0 Å². The van der Waals surface area contributed by atoms with Gasteiger partial charge >= 0.3 is 0 Å². The number of amides is 9. The molecular weight excluding hydrogens is 594 g/mol. The summed E-state index contributed by atoms with van der Waals surface area (Å²) >= 11 is 0. The van der Waals surface area contributed by atoms with Gasteiger partial charge in [-0.3, -0.25) is 53.0 Å². The molecular formula is C28H39N7O10. The molecule has 17 heteroatoms. The molecule has 0 aromatic heterocycles. The molecule has 0 aromatic carbocycles. The molecule has 246 valence electrons. The van der Waals surface area contributed by atoms with E-state index < -0.39 is 71.5 Å². The Hall–Kier alpha value is -4.93. The third kappa shape index (κ3) is 12.7. The van der Waals surface area contributed by atoms with Gasteiger partial charge in [0.2, 0.25) is 29.5 Å². The summed E-state index contributed by atoms with van der Waals surface area (Å²) in [5.74, 6) is -4.61. The van der Waals surface area contributed by atoms with Crippen LogP contribution in [0.25, 0.3) is 0 Å². The van der Waals surface area contributed by atoms with Gasteiger partial charge in [-0.1, -0.05) is 0 Å². The van der Waals surface area contributed by atoms with E-state index in [-0.39, 0.29) is 58.5 Å². The molecule has 0 saturated heterocycles. The molecule has 0 fully saturated rings. The van der Waals surface area contributed by atoms with E-state index in [0.29, 0.717) is 0 Å². The number of ether oxygens (including phenoxy) is 1. The second kappa shape index (κ2) is 18.0. The SMILES string of the molecule is CCOC(C)C(=O)NC(CC(=O)NCCNC(=O)CCN1C(=O)C=CC1=O)CC(=O)NC(C)NC(=O)CCN1C(=O)C=CC1=O. The highest BCUT2D eigenvalue weighted by Crippen LogP contribution is 2.06. The molecule has 5 N–H and O–H groups in total. The molecule has 0 bridgehead atoms. The zero-order valence-electron chi connectivity index (χ0n) is 25.4. The lowest BCUT2D eigenvalue weighted by Crippen LogP contribution is -2.50. The Morgan fingerprint density at radius 1 is 0.667 bits per heavy atom. The predicted molar refractivity (Wildman–Crippen MR) is 155 cm³/mol. The summed E-state index contributed by atoms with van der Waals surface area (Å²) in [6.45, 7) is 4.86. The van der Waals surface area contributed by atoms with Crippen LogP contribution in [0.15, 0.2) is 24.3 Å². The molecule has 0 aromatic rings. The van der Waals surface area contributed by atoms with Crippen molar-refractivity contribution >= 4 is 53.2 Å². The number of carbonyl (C=O) groups excluding carboxylic acids is 9. The first kappa shape index (κ1) is 36.3. The van der Waals surface area contributed by atoms with Crippen LogP contribution in [-0.2, 0) is 47.9 Å². The zero-order valence-corrected chi connectivity index (χ0v) is 25.4. The van der Waals surface area contributed by atoms with E-state index in [0.717, 1.165) is 34.1 Å². The van der Waals surface area contributed by atoms with Gasteiger partial charge in [-0.2, -0.15) is 0 Å². The van der Waals surface area contributed by atoms with E-state index in [2.05, 4.69) is 26.6 Å². The Bertz CT molecular complexity index is 1210. The summed E-state index contributed by atoms with van der Waals surface area (Å²) in [5.41, 5.74) is 0. The average Bonchev–Trinajstić information content (AvgIpc) is 3.46. The van der Waals surface area contributed by atoms with Gasteiger partial charge in [0.1, 0.15) is 6.10 Å². The second-order valence-corrected chi connectivity index (χ2v) is 10.1. The van der Waals surface area contributed by atoms with Crippen molar-refractivity contribution in [2.75, 3.05) is 32.8 Å². The quantitative estimate of drug-likeness (QED) is 0.0554. The van der Waals surface area contributed by atoms with E-state index in [1.807, 2.05) is 0 Å². The first-order valence-electron chi connectivity index (χ1n) is 14.4. The van der Waals surface area contributed by atoms with Crippen molar-refractivity contribution in [2.45, 2.75) is 64.8 Å². The highest BCUT2D eigenvalue weighted by atomic mass is 16.5. The van der Waals surface area contributed by atoms with Gasteiger partial charge in [0.15, 0.2) is 0 Å². The topological polar surface area (TPSA) is 229 Å². The summed E-state index contributed by atoms with van der Waals surface area (Å²) < 4.78 is 5.27. The zero-order chi connectivity index (χ0) is 33.5. The van der Waals surface area contributed by atoms with Gasteiger partial charge < -0.3 is 31.3 Å². The summed E-state index contributed by atoms with van der Waals surface area (Å²) in [6.07, 6.45) is 1.88. The number of rotatable bonds is 19. The Balaban J connectivity index is 1.79. The number of nitrogens with zero attached hydrogens (tertiary/aromatic N) is 2. The summed E-state index contributed by atoms with van der Waals surface area (Å²) in [4.78, 5) is 110. The molecule has 2 aliphatic heterocycles. The Morgan fingerprint density at radius 3 is 1.62 bits per heavy atom. The minimum Gasteiger partial charge on any atom is -0.369 e. The standard InChI is InChI=1S/C28H39N7O10/c1-4-45-17(2)28(44)33-19(15-22(38)30-12-11-29-20(36)9-13-34-24(40)5-6-25(34)41)16-23(39)32-18(3)31-21(37)10-14-35-26(42)7-8-27(35)43/h5-8,17-19H,4,9-16H2,1-3H3,(H,29,36)(H,30,38)(H,31,37)(H,32,39)(H,33,44). The number of hydrogen-bond donors (Lipinski definition) is 5. The van der Waals surface area contributed by atoms with Crippen molar-refractivity contribution in [3.8, 4) is 0 Å². The van der Waals surface area contributed by atoms with Gasteiger partial charge in [0.25, 0.3) is 23.6 Å². The van der Waals surface area contributed by atoms with Crippen LogP contribution >= 0.6 is 0 Å². The third-order valence-corrected chi connectivity index (χ3v) is 6.45. The van der Waals surface area contributed by atoms with Crippen molar-refractivity contribution in [3.05, 3.63) is 24.3 Å². The molecule has 2 aliphatic rings. The average molecular weight is 634 g/mol.